The number of halogens is 1. The van der Waals surface area contributed by atoms with Crippen LogP contribution in [0.5, 0.6) is 0 Å². The van der Waals surface area contributed by atoms with Gasteiger partial charge in [0.2, 0.25) is 5.95 Å². The van der Waals surface area contributed by atoms with E-state index in [2.05, 4.69) is 39.5 Å². The zero-order chi connectivity index (χ0) is 26.6. The topological polar surface area (TPSA) is 72.3 Å². The van der Waals surface area contributed by atoms with Gasteiger partial charge in [0.1, 0.15) is 6.10 Å². The zero-order valence-electron chi connectivity index (χ0n) is 22.5. The molecule has 1 N–H and O–H groups in total. The predicted octanol–water partition coefficient (Wildman–Crippen LogP) is 5.33. The maximum absolute atomic E-state index is 14.4. The first-order chi connectivity index (χ1) is 19.0. The maximum Gasteiger partial charge on any atom is 0.255 e. The van der Waals surface area contributed by atoms with Crippen molar-refractivity contribution in [3.63, 3.8) is 0 Å². The van der Waals surface area contributed by atoms with E-state index in [9.17, 15) is 9.18 Å². The summed E-state index contributed by atoms with van der Waals surface area (Å²) in [4.78, 5) is 23.3. The van der Waals surface area contributed by atoms with Gasteiger partial charge in [0.15, 0.2) is 5.82 Å². The van der Waals surface area contributed by atoms with Gasteiger partial charge in [0.05, 0.1) is 25.0 Å². The van der Waals surface area contributed by atoms with Gasteiger partial charge < -0.3 is 15.0 Å². The molecule has 4 fully saturated rings. The fourth-order valence-electron chi connectivity index (χ4n) is 7.97. The van der Waals surface area contributed by atoms with E-state index >= 15 is 0 Å². The highest BCUT2D eigenvalue weighted by atomic mass is 19.1. The van der Waals surface area contributed by atoms with Crippen LogP contribution in [0.3, 0.4) is 0 Å². The number of nitrogens with zero attached hydrogens (tertiary/aromatic N) is 4. The molecule has 1 saturated heterocycles. The lowest BCUT2D eigenvalue weighted by atomic mass is 9.73. The monoisotopic (exact) mass is 529 g/mol. The van der Waals surface area contributed by atoms with Gasteiger partial charge in [0, 0.05) is 42.6 Å². The third-order valence-corrected chi connectivity index (χ3v) is 9.70. The number of hydrogen-bond donors (Lipinski definition) is 1. The van der Waals surface area contributed by atoms with Crippen LogP contribution in [0.25, 0.3) is 11.3 Å². The number of benzene rings is 1. The Kier molecular flexibility index (Phi) is 6.18. The molecule has 5 atom stereocenters. The van der Waals surface area contributed by atoms with Crippen molar-refractivity contribution in [3.05, 3.63) is 70.5 Å². The first kappa shape index (κ1) is 24.8. The Morgan fingerprint density at radius 3 is 2.82 bits per heavy atom. The molecule has 4 aliphatic rings. The van der Waals surface area contributed by atoms with E-state index in [0.29, 0.717) is 31.3 Å². The number of fused-ring (bicyclic) bond motifs is 2. The number of rotatable bonds is 5. The molecule has 1 aliphatic heterocycles. The molecule has 0 radical (unpaired) electrons. The molecule has 3 saturated carbocycles. The number of aromatic nitrogens is 3. The minimum atomic E-state index is -0.498. The summed E-state index contributed by atoms with van der Waals surface area (Å²) in [5, 5.41) is 3.99. The van der Waals surface area contributed by atoms with E-state index in [-0.39, 0.29) is 22.8 Å². The average Bonchev–Trinajstić information content (AvgIpc) is 3.17. The molecular weight excluding hydrogens is 493 g/mol. The number of ether oxygens (including phenoxy) is 1. The normalized spacial score (nSPS) is 29.8. The molecule has 39 heavy (non-hydrogen) atoms. The van der Waals surface area contributed by atoms with Crippen LogP contribution in [-0.4, -0.2) is 39.8 Å². The Hall–Kier alpha value is -3.26. The molecule has 4 unspecified atom stereocenters. The number of nitrogens with one attached hydrogen (secondary N) is 1. The molecular formula is C31H36FN5O2. The molecule has 7 rings (SSSR count). The van der Waals surface area contributed by atoms with Gasteiger partial charge in [-0.1, -0.05) is 25.0 Å². The van der Waals surface area contributed by atoms with Crippen LogP contribution in [0.4, 0.5) is 16.0 Å². The van der Waals surface area contributed by atoms with Gasteiger partial charge in [0.25, 0.3) is 5.56 Å². The SMILES string of the molecule is Cn1c(N2CCO[C@@H](c3ccc(NC45CCCC6CC(CC6C4)C5)cc3)C2)nc(-c2ccncc2F)cc1=O. The molecule has 3 aromatic rings. The van der Waals surface area contributed by atoms with Crippen molar-refractivity contribution in [2.45, 2.75) is 56.6 Å². The molecule has 1 aromatic carbocycles. The molecule has 2 aromatic heterocycles. The highest BCUT2D eigenvalue weighted by molar-refractivity contribution is 5.60. The third kappa shape index (κ3) is 4.62. The first-order valence-corrected chi connectivity index (χ1v) is 14.4. The largest absolute Gasteiger partial charge is 0.380 e. The molecule has 204 valence electrons. The second kappa shape index (κ2) is 9.73. The van der Waals surface area contributed by atoms with E-state index in [1.807, 2.05) is 0 Å². The van der Waals surface area contributed by atoms with Gasteiger partial charge in [-0.2, -0.15) is 0 Å². The van der Waals surface area contributed by atoms with Crippen molar-refractivity contribution >= 4 is 11.6 Å². The van der Waals surface area contributed by atoms with E-state index in [4.69, 9.17) is 9.72 Å². The summed E-state index contributed by atoms with van der Waals surface area (Å²) in [6, 6.07) is 11.7. The molecule has 3 aliphatic carbocycles. The summed E-state index contributed by atoms with van der Waals surface area (Å²) >= 11 is 0. The lowest BCUT2D eigenvalue weighted by Gasteiger charge is -2.42. The van der Waals surface area contributed by atoms with Crippen molar-refractivity contribution < 1.29 is 9.13 Å². The van der Waals surface area contributed by atoms with Gasteiger partial charge in [-0.3, -0.25) is 14.3 Å². The summed E-state index contributed by atoms with van der Waals surface area (Å²) in [7, 11) is 1.70. The summed E-state index contributed by atoms with van der Waals surface area (Å²) in [6.45, 7) is 1.68. The lowest BCUT2D eigenvalue weighted by molar-refractivity contribution is 0.0390. The Labute approximate surface area is 228 Å². The molecule has 7 nitrogen and oxygen atoms in total. The van der Waals surface area contributed by atoms with E-state index in [0.717, 1.165) is 29.5 Å². The highest BCUT2D eigenvalue weighted by Crippen LogP contribution is 2.55. The molecule has 0 spiro atoms. The fourth-order valence-corrected chi connectivity index (χ4v) is 7.97. The first-order valence-electron chi connectivity index (χ1n) is 14.4. The zero-order valence-corrected chi connectivity index (χ0v) is 22.5. The van der Waals surface area contributed by atoms with Gasteiger partial charge in [-0.25, -0.2) is 9.37 Å². The Morgan fingerprint density at radius 2 is 1.97 bits per heavy atom. The minimum Gasteiger partial charge on any atom is -0.380 e. The van der Waals surface area contributed by atoms with Crippen LogP contribution in [-0.2, 0) is 11.8 Å². The number of pyridine rings is 1. The second-order valence-electron chi connectivity index (χ2n) is 12.2. The number of anilines is 2. The number of morpholine rings is 1. The quantitative estimate of drug-likeness (QED) is 0.482. The van der Waals surface area contributed by atoms with Crippen molar-refractivity contribution in [1.29, 1.82) is 0 Å². The van der Waals surface area contributed by atoms with Crippen molar-refractivity contribution in [2.24, 2.45) is 24.8 Å². The van der Waals surface area contributed by atoms with Crippen molar-refractivity contribution in [1.82, 2.24) is 14.5 Å². The Bertz CT molecular complexity index is 1430. The van der Waals surface area contributed by atoms with Crippen LogP contribution >= 0.6 is 0 Å². The summed E-state index contributed by atoms with van der Waals surface area (Å²) < 4.78 is 22.1. The van der Waals surface area contributed by atoms with Crippen LogP contribution in [0.15, 0.2) is 53.6 Å². The Morgan fingerprint density at radius 1 is 1.13 bits per heavy atom. The maximum atomic E-state index is 14.4. The van der Waals surface area contributed by atoms with E-state index < -0.39 is 5.82 Å². The second-order valence-corrected chi connectivity index (χ2v) is 12.2. The smallest absolute Gasteiger partial charge is 0.255 e. The lowest BCUT2D eigenvalue weighted by Crippen LogP contribution is -2.43. The summed E-state index contributed by atoms with van der Waals surface area (Å²) in [5.74, 6) is 2.80. The van der Waals surface area contributed by atoms with E-state index in [1.54, 1.807) is 13.1 Å². The predicted molar refractivity (Wildman–Crippen MR) is 149 cm³/mol. The Balaban J connectivity index is 1.09. The third-order valence-electron chi connectivity index (χ3n) is 9.70. The standard InChI is InChI=1S/C31H36FN5O2/c1-36-29(38)15-27(25-8-10-33-18-26(25)32)34-30(36)37-11-12-39-28(19-37)21-4-6-24(7-5-21)35-31-9-2-3-22-13-20(16-31)14-23(22)17-31/h4-8,10,15,18,20,22-23,28,35H,2-3,9,11-14,16-17,19H2,1H3/t20?,22?,23?,28-,31?/m1/s1. The molecule has 8 heteroatoms. The summed E-state index contributed by atoms with van der Waals surface area (Å²) in [6.07, 6.45) is 12.1. The van der Waals surface area contributed by atoms with Gasteiger partial charge in [-0.05, 0) is 73.6 Å². The van der Waals surface area contributed by atoms with Crippen LogP contribution in [0, 0.1) is 23.6 Å². The fraction of sp³-hybridized carbons (Fsp3) is 0.516. The molecule has 0 amide bonds. The highest BCUT2D eigenvalue weighted by Gasteiger charge is 2.49. The van der Waals surface area contributed by atoms with Crippen molar-refractivity contribution in [2.75, 3.05) is 29.9 Å². The summed E-state index contributed by atoms with van der Waals surface area (Å²) in [5.41, 5.74) is 2.91. The van der Waals surface area contributed by atoms with Crippen molar-refractivity contribution in [3.8, 4) is 11.3 Å². The molecule has 3 bridgehead atoms. The number of hydrogen-bond acceptors (Lipinski definition) is 6. The average molecular weight is 530 g/mol. The minimum absolute atomic E-state index is 0.145. The van der Waals surface area contributed by atoms with Gasteiger partial charge in [-0.15, -0.1) is 0 Å². The van der Waals surface area contributed by atoms with Gasteiger partial charge >= 0.3 is 0 Å². The van der Waals surface area contributed by atoms with Crippen LogP contribution < -0.4 is 15.8 Å². The molecule has 3 heterocycles. The van der Waals surface area contributed by atoms with Crippen LogP contribution in [0.1, 0.15) is 56.6 Å². The van der Waals surface area contributed by atoms with Crippen LogP contribution in [0.2, 0.25) is 0 Å². The van der Waals surface area contributed by atoms with E-state index in [1.165, 1.54) is 67.5 Å².